The van der Waals surface area contributed by atoms with E-state index in [1.165, 1.54) is 0 Å². The largest absolute Gasteiger partial charge is 0.496 e. The van der Waals surface area contributed by atoms with Gasteiger partial charge in [-0.05, 0) is 18.2 Å². The van der Waals surface area contributed by atoms with Gasteiger partial charge in [0.2, 0.25) is 5.95 Å². The number of ether oxygens (including phenoxy) is 1. The molecule has 0 aliphatic rings. The molecule has 0 amide bonds. The van der Waals surface area contributed by atoms with Crippen molar-refractivity contribution in [3.05, 3.63) is 35.7 Å². The van der Waals surface area contributed by atoms with Gasteiger partial charge in [0.15, 0.2) is 5.82 Å². The molecule has 2 rings (SSSR count). The third-order valence-corrected chi connectivity index (χ3v) is 2.59. The van der Waals surface area contributed by atoms with Gasteiger partial charge in [-0.2, -0.15) is 0 Å². The number of nitrogens with zero attached hydrogens (tertiary/aromatic N) is 3. The number of benzene rings is 1. The van der Waals surface area contributed by atoms with Crippen molar-refractivity contribution in [1.29, 1.82) is 0 Å². The van der Waals surface area contributed by atoms with Crippen LogP contribution in [0.2, 0.25) is 0 Å². The molecular formula is C12H15N5O. The van der Waals surface area contributed by atoms with Crippen LogP contribution in [0, 0.1) is 0 Å². The van der Waals surface area contributed by atoms with Crippen molar-refractivity contribution in [1.82, 2.24) is 14.8 Å². The Morgan fingerprint density at radius 2 is 2.06 bits per heavy atom. The molecule has 0 radical (unpaired) electrons. The summed E-state index contributed by atoms with van der Waals surface area (Å²) >= 11 is 0. The lowest BCUT2D eigenvalue weighted by Gasteiger charge is -2.03. The van der Waals surface area contributed by atoms with Crippen LogP contribution in [0.15, 0.2) is 24.3 Å². The number of aromatic nitrogens is 3. The summed E-state index contributed by atoms with van der Waals surface area (Å²) in [4.78, 5) is 0. The van der Waals surface area contributed by atoms with Gasteiger partial charge in [0.05, 0.1) is 7.11 Å². The second kappa shape index (κ2) is 5.33. The zero-order valence-corrected chi connectivity index (χ0v) is 10.3. The molecule has 0 aliphatic carbocycles. The van der Waals surface area contributed by atoms with Crippen molar-refractivity contribution >= 4 is 18.1 Å². The molecule has 94 valence electrons. The fourth-order valence-corrected chi connectivity index (χ4v) is 1.58. The van der Waals surface area contributed by atoms with Crippen LogP contribution < -0.4 is 16.0 Å². The van der Waals surface area contributed by atoms with Crippen molar-refractivity contribution in [3.63, 3.8) is 0 Å². The Kier molecular flexibility index (Phi) is 3.59. The summed E-state index contributed by atoms with van der Waals surface area (Å²) in [6.07, 6.45) is 3.77. The maximum Gasteiger partial charge on any atom is 0.238 e. The SMILES string of the molecule is COc1ccccc1/C=C/c1nnc(NN)n1C. The summed E-state index contributed by atoms with van der Waals surface area (Å²) < 4.78 is 7.02. The molecule has 0 fully saturated rings. The molecule has 0 atom stereocenters. The first-order valence-corrected chi connectivity index (χ1v) is 5.43. The number of anilines is 1. The number of hydrogen-bond donors (Lipinski definition) is 2. The Morgan fingerprint density at radius 3 is 2.72 bits per heavy atom. The minimum Gasteiger partial charge on any atom is -0.496 e. The third kappa shape index (κ3) is 2.33. The molecule has 3 N–H and O–H groups in total. The van der Waals surface area contributed by atoms with E-state index in [4.69, 9.17) is 10.6 Å². The van der Waals surface area contributed by atoms with Gasteiger partial charge in [0.25, 0.3) is 0 Å². The first-order chi connectivity index (χ1) is 8.76. The number of rotatable bonds is 4. The normalized spacial score (nSPS) is 10.8. The van der Waals surface area contributed by atoms with Crippen LogP contribution in [0.25, 0.3) is 12.2 Å². The van der Waals surface area contributed by atoms with Crippen LogP contribution in [-0.2, 0) is 7.05 Å². The summed E-state index contributed by atoms with van der Waals surface area (Å²) in [6, 6.07) is 7.75. The average Bonchev–Trinajstić information content (AvgIpc) is 2.77. The van der Waals surface area contributed by atoms with E-state index in [0.29, 0.717) is 11.8 Å². The lowest BCUT2D eigenvalue weighted by molar-refractivity contribution is 0.414. The van der Waals surface area contributed by atoms with Crippen LogP contribution in [0.5, 0.6) is 5.75 Å². The first-order valence-electron chi connectivity index (χ1n) is 5.43. The molecule has 0 unspecified atom stereocenters. The Bertz CT molecular complexity index is 561. The summed E-state index contributed by atoms with van der Waals surface area (Å²) in [5, 5.41) is 7.88. The smallest absolute Gasteiger partial charge is 0.238 e. The van der Waals surface area contributed by atoms with Gasteiger partial charge in [-0.25, -0.2) is 5.84 Å². The van der Waals surface area contributed by atoms with E-state index < -0.39 is 0 Å². The van der Waals surface area contributed by atoms with E-state index in [9.17, 15) is 0 Å². The number of nitrogen functional groups attached to an aromatic ring is 1. The summed E-state index contributed by atoms with van der Waals surface area (Å²) in [7, 11) is 3.47. The highest BCUT2D eigenvalue weighted by atomic mass is 16.5. The molecule has 1 aromatic heterocycles. The highest BCUT2D eigenvalue weighted by Crippen LogP contribution is 2.19. The molecule has 18 heavy (non-hydrogen) atoms. The molecule has 2 aromatic rings. The summed E-state index contributed by atoms with van der Waals surface area (Å²) in [6.45, 7) is 0. The van der Waals surface area contributed by atoms with Crippen molar-refractivity contribution < 1.29 is 4.74 Å². The van der Waals surface area contributed by atoms with Crippen LogP contribution in [0.1, 0.15) is 11.4 Å². The molecule has 0 saturated heterocycles. The van der Waals surface area contributed by atoms with E-state index >= 15 is 0 Å². The van der Waals surface area contributed by atoms with Gasteiger partial charge >= 0.3 is 0 Å². The average molecular weight is 245 g/mol. The molecule has 0 spiro atoms. The number of hydrogen-bond acceptors (Lipinski definition) is 5. The first kappa shape index (κ1) is 12.1. The lowest BCUT2D eigenvalue weighted by atomic mass is 10.2. The molecule has 0 saturated carbocycles. The second-order valence-electron chi connectivity index (χ2n) is 3.66. The molecule has 6 heteroatoms. The maximum absolute atomic E-state index is 5.30. The van der Waals surface area contributed by atoms with E-state index in [-0.39, 0.29) is 0 Å². The van der Waals surface area contributed by atoms with Crippen molar-refractivity contribution in [2.24, 2.45) is 12.9 Å². The Morgan fingerprint density at radius 1 is 1.28 bits per heavy atom. The van der Waals surface area contributed by atoms with E-state index in [1.807, 2.05) is 43.5 Å². The summed E-state index contributed by atoms with van der Waals surface area (Å²) in [5.74, 6) is 7.32. The van der Waals surface area contributed by atoms with Crippen molar-refractivity contribution in [2.45, 2.75) is 0 Å². The quantitative estimate of drug-likeness (QED) is 0.626. The van der Waals surface area contributed by atoms with Crippen molar-refractivity contribution in [2.75, 3.05) is 12.5 Å². The number of methoxy groups -OCH3 is 1. The zero-order chi connectivity index (χ0) is 13.0. The van der Waals surface area contributed by atoms with Gasteiger partial charge < -0.3 is 4.74 Å². The third-order valence-electron chi connectivity index (χ3n) is 2.59. The number of nitrogens with one attached hydrogen (secondary N) is 1. The van der Waals surface area contributed by atoms with Gasteiger partial charge in [0.1, 0.15) is 5.75 Å². The molecule has 0 bridgehead atoms. The fraction of sp³-hybridized carbons (Fsp3) is 0.167. The Hall–Kier alpha value is -2.34. The number of nitrogens with two attached hydrogens (primary N) is 1. The fourth-order valence-electron chi connectivity index (χ4n) is 1.58. The molecular weight excluding hydrogens is 230 g/mol. The van der Waals surface area contributed by atoms with Crippen LogP contribution in [0.3, 0.4) is 0 Å². The Balaban J connectivity index is 2.27. The van der Waals surface area contributed by atoms with Crippen LogP contribution >= 0.6 is 0 Å². The van der Waals surface area contributed by atoms with E-state index in [1.54, 1.807) is 11.7 Å². The predicted octanol–water partition coefficient (Wildman–Crippen LogP) is 1.28. The van der Waals surface area contributed by atoms with Crippen LogP contribution in [0.4, 0.5) is 5.95 Å². The van der Waals surface area contributed by atoms with E-state index in [2.05, 4.69) is 15.6 Å². The molecule has 1 heterocycles. The maximum atomic E-state index is 5.30. The second-order valence-corrected chi connectivity index (χ2v) is 3.66. The standard InChI is InChI=1S/C12H15N5O/c1-17-11(15-16-12(17)14-13)8-7-9-5-3-4-6-10(9)18-2/h3-8H,13H2,1-2H3,(H,14,16)/b8-7+. The Labute approximate surface area is 105 Å². The van der Waals surface area contributed by atoms with Gasteiger partial charge in [0, 0.05) is 12.6 Å². The topological polar surface area (TPSA) is 78.0 Å². The molecule has 0 aliphatic heterocycles. The van der Waals surface area contributed by atoms with Gasteiger partial charge in [-0.3, -0.25) is 9.99 Å². The highest BCUT2D eigenvalue weighted by molar-refractivity contribution is 5.70. The number of hydrazine groups is 1. The molecule has 1 aromatic carbocycles. The summed E-state index contributed by atoms with van der Waals surface area (Å²) in [5.41, 5.74) is 3.44. The van der Waals surface area contributed by atoms with Gasteiger partial charge in [-0.15, -0.1) is 10.2 Å². The van der Waals surface area contributed by atoms with Crippen molar-refractivity contribution in [3.8, 4) is 5.75 Å². The minimum absolute atomic E-state index is 0.509. The monoisotopic (exact) mass is 245 g/mol. The molecule has 6 nitrogen and oxygen atoms in total. The predicted molar refractivity (Wildman–Crippen MR) is 70.7 cm³/mol. The zero-order valence-electron chi connectivity index (χ0n) is 10.3. The van der Waals surface area contributed by atoms with Crippen LogP contribution in [-0.4, -0.2) is 21.9 Å². The number of para-hydroxylation sites is 1. The van der Waals surface area contributed by atoms with E-state index in [0.717, 1.165) is 11.3 Å². The lowest BCUT2D eigenvalue weighted by Crippen LogP contribution is -2.11. The highest BCUT2D eigenvalue weighted by Gasteiger charge is 2.04. The van der Waals surface area contributed by atoms with Gasteiger partial charge in [-0.1, -0.05) is 18.2 Å². The minimum atomic E-state index is 0.509.